The highest BCUT2D eigenvalue weighted by atomic mass is 127. The van der Waals surface area contributed by atoms with Crippen LogP contribution in [0.5, 0.6) is 0 Å². The van der Waals surface area contributed by atoms with Crippen molar-refractivity contribution >= 4 is 29.9 Å². The minimum Gasteiger partial charge on any atom is -0.381 e. The van der Waals surface area contributed by atoms with Crippen molar-refractivity contribution in [1.82, 2.24) is 15.1 Å². The van der Waals surface area contributed by atoms with Crippen molar-refractivity contribution in [3.05, 3.63) is 0 Å². The number of nitrogens with one attached hydrogen (secondary N) is 1. The Bertz CT molecular complexity index is 445. The van der Waals surface area contributed by atoms with E-state index >= 15 is 0 Å². The first kappa shape index (κ1) is 23.2. The van der Waals surface area contributed by atoms with Crippen LogP contribution in [0.25, 0.3) is 0 Å². The highest BCUT2D eigenvalue weighted by molar-refractivity contribution is 14.0. The molecule has 0 spiro atoms. The Hall–Kier alpha value is -0.120. The molecule has 27 heavy (non-hydrogen) atoms. The van der Waals surface area contributed by atoms with E-state index in [2.05, 4.69) is 27.2 Å². The molecule has 1 saturated carbocycles. The van der Waals surface area contributed by atoms with E-state index in [1.54, 1.807) is 0 Å². The number of morpholine rings is 1. The summed E-state index contributed by atoms with van der Waals surface area (Å²) in [6.07, 6.45) is 7.94. The predicted octanol–water partition coefficient (Wildman–Crippen LogP) is 2.43. The third-order valence-corrected chi connectivity index (χ3v) is 6.33. The van der Waals surface area contributed by atoms with Gasteiger partial charge in [-0.05, 0) is 19.3 Å². The number of aliphatic imine (C=N–C) groups is 1. The lowest BCUT2D eigenvalue weighted by Gasteiger charge is -2.43. The molecule has 2 aliphatic heterocycles. The molecule has 1 aliphatic carbocycles. The summed E-state index contributed by atoms with van der Waals surface area (Å²) < 4.78 is 11.1. The molecule has 0 aromatic carbocycles. The van der Waals surface area contributed by atoms with Crippen molar-refractivity contribution in [2.24, 2.45) is 16.3 Å². The molecular weight excluding hydrogens is 455 g/mol. The van der Waals surface area contributed by atoms with Gasteiger partial charge in [-0.1, -0.05) is 19.3 Å². The van der Waals surface area contributed by atoms with Gasteiger partial charge in [0, 0.05) is 64.8 Å². The maximum absolute atomic E-state index is 5.54. The molecule has 0 bridgehead atoms. The van der Waals surface area contributed by atoms with E-state index < -0.39 is 0 Å². The van der Waals surface area contributed by atoms with Gasteiger partial charge < -0.3 is 19.7 Å². The number of hydrogen-bond acceptors (Lipinski definition) is 4. The molecule has 0 aromatic rings. The molecule has 1 atom stereocenters. The maximum Gasteiger partial charge on any atom is 0.193 e. The Morgan fingerprint density at radius 2 is 1.89 bits per heavy atom. The van der Waals surface area contributed by atoms with Crippen LogP contribution in [-0.4, -0.2) is 89.0 Å². The predicted molar refractivity (Wildman–Crippen MR) is 121 cm³/mol. The van der Waals surface area contributed by atoms with Crippen LogP contribution in [-0.2, 0) is 9.47 Å². The van der Waals surface area contributed by atoms with Crippen LogP contribution in [0.4, 0.5) is 0 Å². The van der Waals surface area contributed by atoms with Gasteiger partial charge in [-0.15, -0.1) is 24.0 Å². The molecule has 1 N–H and O–H groups in total. The summed E-state index contributed by atoms with van der Waals surface area (Å²) in [6.45, 7) is 8.99. The zero-order valence-electron chi connectivity index (χ0n) is 17.3. The van der Waals surface area contributed by atoms with E-state index in [1.807, 2.05) is 7.05 Å². The normalized spacial score (nSPS) is 26.4. The van der Waals surface area contributed by atoms with Crippen molar-refractivity contribution in [3.8, 4) is 0 Å². The van der Waals surface area contributed by atoms with Crippen LogP contribution in [0, 0.1) is 11.3 Å². The summed E-state index contributed by atoms with van der Waals surface area (Å²) in [5, 5.41) is 3.72. The van der Waals surface area contributed by atoms with Crippen LogP contribution < -0.4 is 5.32 Å². The zero-order valence-corrected chi connectivity index (χ0v) is 19.6. The summed E-state index contributed by atoms with van der Waals surface area (Å²) in [5.74, 6) is 1.67. The molecule has 0 aromatic heterocycles. The quantitative estimate of drug-likeness (QED) is 0.349. The minimum atomic E-state index is 0. The van der Waals surface area contributed by atoms with Crippen LogP contribution >= 0.6 is 24.0 Å². The Morgan fingerprint density at radius 3 is 2.52 bits per heavy atom. The van der Waals surface area contributed by atoms with Gasteiger partial charge in [-0.25, -0.2) is 0 Å². The van der Waals surface area contributed by atoms with E-state index in [0.29, 0.717) is 11.3 Å². The van der Waals surface area contributed by atoms with Crippen LogP contribution in [0.3, 0.4) is 0 Å². The van der Waals surface area contributed by atoms with Gasteiger partial charge >= 0.3 is 0 Å². The zero-order chi connectivity index (χ0) is 18.2. The standard InChI is InChI=1S/C20H38N4O2.HI/c1-21-19(23(2)14-18-6-11-26-15-18)22-16-20(7-4-3-5-8-20)17-24-9-12-25-13-10-24;/h18H,3-17H2,1-2H3,(H,21,22);1H. The summed E-state index contributed by atoms with van der Waals surface area (Å²) in [6, 6.07) is 0. The second-order valence-electron chi connectivity index (χ2n) is 8.46. The molecular formula is C20H39IN4O2. The number of ether oxygens (including phenoxy) is 2. The smallest absolute Gasteiger partial charge is 0.193 e. The van der Waals surface area contributed by atoms with Crippen LogP contribution in [0.15, 0.2) is 4.99 Å². The molecule has 158 valence electrons. The molecule has 0 amide bonds. The first-order chi connectivity index (χ1) is 12.7. The molecule has 7 heteroatoms. The fourth-order valence-corrected chi connectivity index (χ4v) is 4.78. The number of halogens is 1. The molecule has 6 nitrogen and oxygen atoms in total. The van der Waals surface area contributed by atoms with E-state index in [-0.39, 0.29) is 24.0 Å². The molecule has 0 radical (unpaired) electrons. The third-order valence-electron chi connectivity index (χ3n) is 6.33. The molecule has 2 saturated heterocycles. The lowest BCUT2D eigenvalue weighted by molar-refractivity contribution is 0.00809. The maximum atomic E-state index is 5.54. The number of hydrogen-bond donors (Lipinski definition) is 1. The number of nitrogens with zero attached hydrogens (tertiary/aromatic N) is 3. The van der Waals surface area contributed by atoms with Crippen molar-refractivity contribution in [2.75, 3.05) is 73.2 Å². The first-order valence-corrected chi connectivity index (χ1v) is 10.5. The average Bonchev–Trinajstić information content (AvgIpc) is 3.17. The first-order valence-electron chi connectivity index (χ1n) is 10.5. The minimum absolute atomic E-state index is 0. The van der Waals surface area contributed by atoms with Crippen molar-refractivity contribution in [1.29, 1.82) is 0 Å². The van der Waals surface area contributed by atoms with E-state index in [9.17, 15) is 0 Å². The summed E-state index contributed by atoms with van der Waals surface area (Å²) >= 11 is 0. The van der Waals surface area contributed by atoms with Gasteiger partial charge in [-0.2, -0.15) is 0 Å². The lowest BCUT2D eigenvalue weighted by Crippen LogP contribution is -2.51. The monoisotopic (exact) mass is 494 g/mol. The highest BCUT2D eigenvalue weighted by Gasteiger charge is 2.34. The second kappa shape index (κ2) is 11.8. The Balaban J connectivity index is 0.00000261. The van der Waals surface area contributed by atoms with E-state index in [0.717, 1.165) is 58.6 Å². The summed E-state index contributed by atoms with van der Waals surface area (Å²) in [4.78, 5) is 9.44. The molecule has 3 fully saturated rings. The van der Waals surface area contributed by atoms with Gasteiger partial charge in [0.05, 0.1) is 19.8 Å². The lowest BCUT2D eigenvalue weighted by atomic mass is 9.73. The Morgan fingerprint density at radius 1 is 1.15 bits per heavy atom. The SMILES string of the molecule is CN=C(NCC1(CN2CCOCC2)CCCCC1)N(C)CC1CCOC1.I. The Kier molecular flexibility index (Phi) is 10.1. The number of guanidine groups is 1. The van der Waals surface area contributed by atoms with Gasteiger partial charge in [0.15, 0.2) is 5.96 Å². The largest absolute Gasteiger partial charge is 0.381 e. The average molecular weight is 494 g/mol. The fraction of sp³-hybridized carbons (Fsp3) is 0.950. The van der Waals surface area contributed by atoms with Crippen molar-refractivity contribution in [3.63, 3.8) is 0 Å². The van der Waals surface area contributed by atoms with Gasteiger partial charge in [0.2, 0.25) is 0 Å². The summed E-state index contributed by atoms with van der Waals surface area (Å²) in [7, 11) is 4.06. The molecule has 3 rings (SSSR count). The van der Waals surface area contributed by atoms with Gasteiger partial charge in [-0.3, -0.25) is 9.89 Å². The van der Waals surface area contributed by atoms with Crippen molar-refractivity contribution in [2.45, 2.75) is 38.5 Å². The topological polar surface area (TPSA) is 49.3 Å². The van der Waals surface area contributed by atoms with E-state index in [1.165, 1.54) is 45.1 Å². The number of rotatable bonds is 6. The molecule has 2 heterocycles. The molecule has 3 aliphatic rings. The van der Waals surface area contributed by atoms with Crippen LogP contribution in [0.1, 0.15) is 38.5 Å². The summed E-state index contributed by atoms with van der Waals surface area (Å²) in [5.41, 5.74) is 0.378. The van der Waals surface area contributed by atoms with Gasteiger partial charge in [0.1, 0.15) is 0 Å². The second-order valence-corrected chi connectivity index (χ2v) is 8.46. The van der Waals surface area contributed by atoms with E-state index in [4.69, 9.17) is 9.47 Å². The highest BCUT2D eigenvalue weighted by Crippen LogP contribution is 2.36. The van der Waals surface area contributed by atoms with Gasteiger partial charge in [0.25, 0.3) is 0 Å². The molecule has 1 unspecified atom stereocenters. The fourth-order valence-electron chi connectivity index (χ4n) is 4.78. The Labute approximate surface area is 182 Å². The third kappa shape index (κ3) is 7.01. The van der Waals surface area contributed by atoms with Crippen molar-refractivity contribution < 1.29 is 9.47 Å². The van der Waals surface area contributed by atoms with Crippen LogP contribution in [0.2, 0.25) is 0 Å².